The smallest absolute Gasteiger partial charge is 0.131 e. The van der Waals surface area contributed by atoms with E-state index in [4.69, 9.17) is 23.2 Å². The highest BCUT2D eigenvalue weighted by molar-refractivity contribution is 6.32. The Morgan fingerprint density at radius 1 is 1.07 bits per heavy atom. The molecule has 0 aromatic carbocycles. The summed E-state index contributed by atoms with van der Waals surface area (Å²) < 4.78 is 0. The van der Waals surface area contributed by atoms with Crippen LogP contribution in [0, 0.1) is 0 Å². The molecule has 1 aromatic heterocycles. The van der Waals surface area contributed by atoms with E-state index in [1.54, 1.807) is 0 Å². The van der Waals surface area contributed by atoms with Crippen molar-refractivity contribution < 1.29 is 0 Å². The first-order chi connectivity index (χ1) is 7.17. The van der Waals surface area contributed by atoms with Crippen LogP contribution in [0.15, 0.2) is 12.1 Å². The van der Waals surface area contributed by atoms with Gasteiger partial charge in [-0.1, -0.05) is 49.9 Å². The van der Waals surface area contributed by atoms with Crippen LogP contribution in [-0.4, -0.2) is 4.98 Å². The molecule has 0 amide bonds. The number of rotatable bonds is 5. The van der Waals surface area contributed by atoms with Crippen molar-refractivity contribution in [2.24, 2.45) is 0 Å². The lowest BCUT2D eigenvalue weighted by atomic mass is 9.91. The van der Waals surface area contributed by atoms with Crippen LogP contribution in [0.2, 0.25) is 10.3 Å². The molecule has 1 rings (SSSR count). The predicted molar refractivity (Wildman–Crippen MR) is 66.8 cm³/mol. The Labute approximate surface area is 102 Å². The van der Waals surface area contributed by atoms with Crippen LogP contribution in [0.25, 0.3) is 0 Å². The Bertz CT molecular complexity index is 286. The molecule has 0 saturated carbocycles. The Balaban J connectivity index is 2.88. The summed E-state index contributed by atoms with van der Waals surface area (Å²) in [4.78, 5) is 3.97. The van der Waals surface area contributed by atoms with Crippen molar-refractivity contribution in [2.75, 3.05) is 0 Å². The molecule has 3 heteroatoms. The molecular formula is C12H17Cl2N. The van der Waals surface area contributed by atoms with E-state index in [9.17, 15) is 0 Å². The largest absolute Gasteiger partial charge is 0.224 e. The normalized spacial score (nSPS) is 11.0. The van der Waals surface area contributed by atoms with E-state index in [0.29, 0.717) is 16.2 Å². The molecule has 0 saturated heterocycles. The lowest BCUT2D eigenvalue weighted by Gasteiger charge is -2.15. The van der Waals surface area contributed by atoms with Gasteiger partial charge in [-0.15, -0.1) is 0 Å². The molecule has 15 heavy (non-hydrogen) atoms. The summed E-state index contributed by atoms with van der Waals surface area (Å²) in [7, 11) is 0. The van der Waals surface area contributed by atoms with Crippen molar-refractivity contribution in [3.05, 3.63) is 28.0 Å². The zero-order chi connectivity index (χ0) is 11.3. The van der Waals surface area contributed by atoms with Crippen molar-refractivity contribution in [1.82, 2.24) is 4.98 Å². The molecule has 0 spiro atoms. The highest BCUT2D eigenvalue weighted by Crippen LogP contribution is 2.29. The molecule has 0 bridgehead atoms. The van der Waals surface area contributed by atoms with Crippen molar-refractivity contribution in [3.8, 4) is 0 Å². The second kappa shape index (κ2) is 6.34. The number of hydrogen-bond donors (Lipinski definition) is 0. The van der Waals surface area contributed by atoms with Crippen LogP contribution in [0.1, 0.15) is 51.0 Å². The fourth-order valence-electron chi connectivity index (χ4n) is 1.89. The number of nitrogens with zero attached hydrogens (tertiary/aromatic N) is 1. The number of aromatic nitrogens is 1. The average molecular weight is 246 g/mol. The van der Waals surface area contributed by atoms with Crippen molar-refractivity contribution >= 4 is 23.2 Å². The lowest BCUT2D eigenvalue weighted by molar-refractivity contribution is 0.560. The van der Waals surface area contributed by atoms with Gasteiger partial charge in [-0.25, -0.2) is 4.98 Å². The second-order valence-corrected chi connectivity index (χ2v) is 4.59. The molecule has 0 aliphatic heterocycles. The molecule has 0 unspecified atom stereocenters. The van der Waals surface area contributed by atoms with Gasteiger partial charge in [-0.05, 0) is 36.5 Å². The van der Waals surface area contributed by atoms with Crippen molar-refractivity contribution in [3.63, 3.8) is 0 Å². The van der Waals surface area contributed by atoms with Crippen LogP contribution in [0.4, 0.5) is 0 Å². The summed E-state index contributed by atoms with van der Waals surface area (Å²) in [5.74, 6) is 0.568. The molecule has 0 aliphatic carbocycles. The van der Waals surface area contributed by atoms with Gasteiger partial charge in [0.1, 0.15) is 10.3 Å². The minimum Gasteiger partial charge on any atom is -0.224 e. The van der Waals surface area contributed by atoms with E-state index in [2.05, 4.69) is 18.8 Å². The third-order valence-electron chi connectivity index (χ3n) is 2.53. The molecule has 1 nitrogen and oxygen atoms in total. The standard InChI is InChI=1S/C12H17Cl2N/c1-3-5-9(6-4-2)10-7-11(13)15-12(14)8-10/h7-9H,3-6H2,1-2H3. The summed E-state index contributed by atoms with van der Waals surface area (Å²) >= 11 is 11.8. The first-order valence-electron chi connectivity index (χ1n) is 5.50. The monoisotopic (exact) mass is 245 g/mol. The van der Waals surface area contributed by atoms with E-state index in [1.807, 2.05) is 12.1 Å². The van der Waals surface area contributed by atoms with Gasteiger partial charge < -0.3 is 0 Å². The fraction of sp³-hybridized carbons (Fsp3) is 0.583. The van der Waals surface area contributed by atoms with Crippen LogP contribution in [0.3, 0.4) is 0 Å². The maximum Gasteiger partial charge on any atom is 0.131 e. The average Bonchev–Trinajstić information content (AvgIpc) is 2.16. The number of hydrogen-bond acceptors (Lipinski definition) is 1. The van der Waals surface area contributed by atoms with Gasteiger partial charge in [0.25, 0.3) is 0 Å². The Kier molecular flexibility index (Phi) is 5.41. The van der Waals surface area contributed by atoms with Gasteiger partial charge in [0.2, 0.25) is 0 Å². The zero-order valence-corrected chi connectivity index (χ0v) is 10.8. The molecule has 0 radical (unpaired) electrons. The maximum atomic E-state index is 5.90. The van der Waals surface area contributed by atoms with Gasteiger partial charge in [-0.2, -0.15) is 0 Å². The SMILES string of the molecule is CCCC(CCC)c1cc(Cl)nc(Cl)c1. The zero-order valence-electron chi connectivity index (χ0n) is 9.26. The summed E-state index contributed by atoms with van der Waals surface area (Å²) in [5, 5.41) is 0.990. The van der Waals surface area contributed by atoms with Crippen LogP contribution >= 0.6 is 23.2 Å². The number of pyridine rings is 1. The van der Waals surface area contributed by atoms with Gasteiger partial charge in [0.05, 0.1) is 0 Å². The fourth-order valence-corrected chi connectivity index (χ4v) is 2.37. The highest BCUT2D eigenvalue weighted by Gasteiger charge is 2.11. The van der Waals surface area contributed by atoms with Crippen LogP contribution in [-0.2, 0) is 0 Å². The molecule has 84 valence electrons. The predicted octanol–water partition coefficient (Wildman–Crippen LogP) is 5.07. The first-order valence-corrected chi connectivity index (χ1v) is 6.26. The Hall–Kier alpha value is -0.270. The molecule has 0 aliphatic rings. The second-order valence-electron chi connectivity index (χ2n) is 3.82. The minimum absolute atomic E-state index is 0.495. The van der Waals surface area contributed by atoms with E-state index in [-0.39, 0.29) is 0 Å². The maximum absolute atomic E-state index is 5.90. The summed E-state index contributed by atoms with van der Waals surface area (Å²) in [6, 6.07) is 3.87. The topological polar surface area (TPSA) is 12.9 Å². The summed E-state index contributed by atoms with van der Waals surface area (Å²) in [5.41, 5.74) is 1.23. The first kappa shape index (κ1) is 12.8. The summed E-state index contributed by atoms with van der Waals surface area (Å²) in [6.07, 6.45) is 4.74. The molecule has 1 aromatic rings. The van der Waals surface area contributed by atoms with Crippen molar-refractivity contribution in [2.45, 2.75) is 45.4 Å². The molecule has 0 N–H and O–H groups in total. The molecule has 0 atom stereocenters. The third-order valence-corrected chi connectivity index (χ3v) is 2.92. The van der Waals surface area contributed by atoms with Gasteiger partial charge in [0.15, 0.2) is 0 Å². The van der Waals surface area contributed by atoms with E-state index >= 15 is 0 Å². The van der Waals surface area contributed by atoms with Crippen LogP contribution in [0.5, 0.6) is 0 Å². The molecule has 1 heterocycles. The molecular weight excluding hydrogens is 229 g/mol. The quantitative estimate of drug-likeness (QED) is 0.661. The molecule has 0 fully saturated rings. The Morgan fingerprint density at radius 3 is 1.93 bits per heavy atom. The van der Waals surface area contributed by atoms with Gasteiger partial charge >= 0.3 is 0 Å². The number of halogens is 2. The van der Waals surface area contributed by atoms with Crippen LogP contribution < -0.4 is 0 Å². The highest BCUT2D eigenvalue weighted by atomic mass is 35.5. The lowest BCUT2D eigenvalue weighted by Crippen LogP contribution is -1.99. The van der Waals surface area contributed by atoms with Gasteiger partial charge in [0, 0.05) is 0 Å². The van der Waals surface area contributed by atoms with Crippen molar-refractivity contribution in [1.29, 1.82) is 0 Å². The van der Waals surface area contributed by atoms with E-state index < -0.39 is 0 Å². The van der Waals surface area contributed by atoms with E-state index in [0.717, 1.165) is 0 Å². The van der Waals surface area contributed by atoms with Gasteiger partial charge in [-0.3, -0.25) is 0 Å². The third kappa shape index (κ3) is 4.00. The summed E-state index contributed by atoms with van der Waals surface area (Å²) in [6.45, 7) is 4.40. The van der Waals surface area contributed by atoms with E-state index in [1.165, 1.54) is 31.2 Å². The Morgan fingerprint density at radius 2 is 1.53 bits per heavy atom. The minimum atomic E-state index is 0.495.